The molecule has 5 heterocycles. The summed E-state index contributed by atoms with van der Waals surface area (Å²) in [5.41, 5.74) is 1.46. The van der Waals surface area contributed by atoms with Crippen molar-refractivity contribution in [2.45, 2.75) is 101 Å². The van der Waals surface area contributed by atoms with Crippen LogP contribution in [0.4, 0.5) is 5.82 Å². The Morgan fingerprint density at radius 2 is 1.32 bits per heavy atom. The number of nitrogens with one attached hydrogen (secondary N) is 2. The summed E-state index contributed by atoms with van der Waals surface area (Å²) >= 11 is 0. The Balaban J connectivity index is 1.06. The molecule has 0 saturated carbocycles. The van der Waals surface area contributed by atoms with Crippen molar-refractivity contribution < 1.29 is 42.4 Å². The summed E-state index contributed by atoms with van der Waals surface area (Å²) in [7, 11) is -0.217. The van der Waals surface area contributed by atoms with E-state index >= 15 is 0 Å². The van der Waals surface area contributed by atoms with Crippen LogP contribution in [0.15, 0.2) is 138 Å². The second-order valence-electron chi connectivity index (χ2n) is 18.9. The minimum atomic E-state index is -3.46. The number of hydrogen-bond donors (Lipinski definition) is 3. The molecule has 6 atom stereocenters. The molecule has 73 heavy (non-hydrogen) atoms. The van der Waals surface area contributed by atoms with Gasteiger partial charge in [0.2, 0.25) is 0 Å². The van der Waals surface area contributed by atoms with Gasteiger partial charge in [0.15, 0.2) is 17.0 Å². The molecule has 382 valence electrons. The van der Waals surface area contributed by atoms with Gasteiger partial charge in [0.05, 0.1) is 46.0 Å². The zero-order valence-corrected chi connectivity index (χ0v) is 42.8. The van der Waals surface area contributed by atoms with Crippen molar-refractivity contribution >= 4 is 31.4 Å². The number of benzene rings is 4. The number of carbonyl (C=O) groups excluding carboxylic acids is 1. The number of aliphatic hydroxyl groups excluding tert-OH is 1. The molecular formula is C54H61N7O11Si. The van der Waals surface area contributed by atoms with Gasteiger partial charge in [-0.25, -0.2) is 19.7 Å². The molecule has 9 rings (SSSR count). The first-order valence-corrected chi connectivity index (χ1v) is 26.4. The predicted molar refractivity (Wildman–Crippen MR) is 274 cm³/mol. The molecule has 2 aliphatic rings. The van der Waals surface area contributed by atoms with Crippen LogP contribution in [0.2, 0.25) is 11.1 Å². The highest BCUT2D eigenvalue weighted by Gasteiger charge is 2.54. The summed E-state index contributed by atoms with van der Waals surface area (Å²) < 4.78 is 50.1. The number of rotatable bonds is 19. The molecule has 3 aromatic heterocycles. The lowest BCUT2D eigenvalue weighted by atomic mass is 9.80. The van der Waals surface area contributed by atoms with Gasteiger partial charge in [0.1, 0.15) is 48.1 Å². The predicted octanol–water partition coefficient (Wildman–Crippen LogP) is 7.56. The van der Waals surface area contributed by atoms with E-state index in [9.17, 15) is 19.5 Å². The van der Waals surface area contributed by atoms with E-state index in [0.29, 0.717) is 40.2 Å². The number of imidazole rings is 1. The first-order chi connectivity index (χ1) is 35.3. The molecule has 0 aliphatic carbocycles. The zero-order chi connectivity index (χ0) is 51.4. The van der Waals surface area contributed by atoms with Gasteiger partial charge in [0.25, 0.3) is 11.5 Å². The maximum absolute atomic E-state index is 13.6. The van der Waals surface area contributed by atoms with Gasteiger partial charge in [-0.05, 0) is 71.1 Å². The van der Waals surface area contributed by atoms with E-state index in [4.69, 9.17) is 32.5 Å². The van der Waals surface area contributed by atoms with Gasteiger partial charge in [-0.3, -0.25) is 23.7 Å². The van der Waals surface area contributed by atoms with Crippen LogP contribution in [0.3, 0.4) is 0 Å². The van der Waals surface area contributed by atoms with E-state index in [2.05, 4.69) is 52.9 Å². The van der Waals surface area contributed by atoms with Crippen LogP contribution < -0.4 is 26.0 Å². The minimum Gasteiger partial charge on any atom is -0.497 e. The number of anilines is 1. The largest absolute Gasteiger partial charge is 0.497 e. The fourth-order valence-electron chi connectivity index (χ4n) is 10.0. The summed E-state index contributed by atoms with van der Waals surface area (Å²) in [6.07, 6.45) is 0.541. The molecular weight excluding hydrogens is 951 g/mol. The van der Waals surface area contributed by atoms with Crippen molar-refractivity contribution in [1.29, 1.82) is 0 Å². The first kappa shape index (κ1) is 51.1. The summed E-state index contributed by atoms with van der Waals surface area (Å²) in [6.45, 7) is 9.55. The Bertz CT molecular complexity index is 3060. The maximum atomic E-state index is 13.6. The summed E-state index contributed by atoms with van der Waals surface area (Å²) in [5.74, 6) is 1.25. The summed E-state index contributed by atoms with van der Waals surface area (Å²) in [4.78, 5) is 55.2. The number of fused-ring (bicyclic) bond motifs is 1. The van der Waals surface area contributed by atoms with Crippen molar-refractivity contribution in [3.05, 3.63) is 177 Å². The lowest BCUT2D eigenvalue weighted by Crippen LogP contribution is -2.55. The van der Waals surface area contributed by atoms with E-state index in [0.717, 1.165) is 16.7 Å². The molecule has 7 aromatic rings. The Morgan fingerprint density at radius 3 is 1.89 bits per heavy atom. The van der Waals surface area contributed by atoms with Crippen LogP contribution in [0.1, 0.15) is 85.6 Å². The molecule has 0 unspecified atom stereocenters. The van der Waals surface area contributed by atoms with E-state index in [1.165, 1.54) is 17.1 Å². The Labute approximate surface area is 423 Å². The lowest BCUT2D eigenvalue weighted by Gasteiger charge is -2.43. The Kier molecular flexibility index (Phi) is 15.2. The van der Waals surface area contributed by atoms with Gasteiger partial charge in [-0.15, -0.1) is 0 Å². The topological polar surface area (TPSA) is 212 Å². The third-order valence-corrected chi connectivity index (χ3v) is 18.4. The van der Waals surface area contributed by atoms with Crippen molar-refractivity contribution in [3.63, 3.8) is 0 Å². The number of hydrogen-bond acceptors (Lipinski definition) is 14. The van der Waals surface area contributed by atoms with Crippen LogP contribution in [-0.4, -0.2) is 100 Å². The number of aliphatic hydroxyl groups is 1. The SMILES string of the molecule is COc1ccc(C(OC[C@H]2O[C@@H](n3cc(C)c(=O)[nH]c3=O)C[C@@H]2O[Si](O[C@@H]2C[C@@H](n3cnc4c(NC(=O)c5ccccc5)ncnc43)O[C@H]2CO)(C(C)C)C(C)C)(c2ccccc2)c2ccc(OC)cc2)cc1. The van der Waals surface area contributed by atoms with Crippen LogP contribution in [0, 0.1) is 6.92 Å². The zero-order valence-electron chi connectivity index (χ0n) is 41.8. The Morgan fingerprint density at radius 1 is 0.767 bits per heavy atom. The molecule has 1 amide bonds. The maximum Gasteiger partial charge on any atom is 0.344 e. The number of carbonyl (C=O) groups is 1. The number of H-pyrrole nitrogens is 1. The highest BCUT2D eigenvalue weighted by Crippen LogP contribution is 2.46. The first-order valence-electron chi connectivity index (χ1n) is 24.4. The Hall–Kier alpha value is -6.84. The van der Waals surface area contributed by atoms with Crippen LogP contribution in [-0.2, 0) is 28.7 Å². The monoisotopic (exact) mass is 1010 g/mol. The number of amides is 1. The van der Waals surface area contributed by atoms with E-state index in [-0.39, 0.29) is 42.4 Å². The third kappa shape index (κ3) is 10.1. The standard InChI is InChI=1S/C54H61N7O11Si/c1-33(2)73(34(3)4,71-42-26-47(69-44(42)29-62)61-32-57-48-49(55-31-56-50(48)61)58-52(64)36-14-10-8-11-15-36)72-43-27-46(60-28-35(5)51(63)59-53(60)65)70-45(43)30-68-54(37-16-12-9-13-17-37,38-18-22-40(66-6)23-19-38)39-20-24-41(67-7)25-21-39/h8-25,28,31-34,42-47,62H,26-27,29-30H2,1-7H3,(H,59,63,65)(H,55,56,58,64)/t42-,43+,44+,45-,46-,47+/m1/s1. The number of ether oxygens (including phenoxy) is 5. The van der Waals surface area contributed by atoms with Crippen molar-refractivity contribution in [2.24, 2.45) is 0 Å². The minimum absolute atomic E-state index is 0.0247. The molecule has 4 aromatic carbocycles. The average molecular weight is 1010 g/mol. The smallest absolute Gasteiger partial charge is 0.344 e. The van der Waals surface area contributed by atoms with Crippen LogP contribution in [0.5, 0.6) is 11.5 Å². The molecule has 0 radical (unpaired) electrons. The fourth-order valence-corrected chi connectivity index (χ4v) is 13.9. The van der Waals surface area contributed by atoms with E-state index in [1.54, 1.807) is 56.3 Å². The average Bonchev–Trinajstić information content (AvgIpc) is 4.15. The number of aromatic nitrogens is 6. The molecule has 0 spiro atoms. The number of nitrogens with zero attached hydrogens (tertiary/aromatic N) is 5. The molecule has 19 heteroatoms. The fraction of sp³-hybridized carbons (Fsp3) is 0.370. The van der Waals surface area contributed by atoms with Crippen LogP contribution >= 0.6 is 0 Å². The number of aromatic amines is 1. The lowest BCUT2D eigenvalue weighted by molar-refractivity contribution is -0.0973. The van der Waals surface area contributed by atoms with E-state index < -0.39 is 62.3 Å². The van der Waals surface area contributed by atoms with Gasteiger partial charge < -0.3 is 43.0 Å². The summed E-state index contributed by atoms with van der Waals surface area (Å²) in [5, 5.41) is 13.8. The van der Waals surface area contributed by atoms with Crippen LogP contribution in [0.25, 0.3) is 11.2 Å². The van der Waals surface area contributed by atoms with Gasteiger partial charge in [-0.1, -0.05) is 100 Å². The second kappa shape index (κ2) is 21.7. The molecule has 3 N–H and O–H groups in total. The third-order valence-electron chi connectivity index (χ3n) is 13.9. The molecule has 18 nitrogen and oxygen atoms in total. The summed E-state index contributed by atoms with van der Waals surface area (Å²) in [6, 6.07) is 34.2. The molecule has 2 saturated heterocycles. The molecule has 2 fully saturated rings. The van der Waals surface area contributed by atoms with Crippen molar-refractivity contribution in [3.8, 4) is 11.5 Å². The normalized spacial score (nSPS) is 20.2. The number of aryl methyl sites for hydroxylation is 1. The molecule has 0 bridgehead atoms. The van der Waals surface area contributed by atoms with Crippen molar-refractivity contribution in [2.75, 3.05) is 32.8 Å². The van der Waals surface area contributed by atoms with Gasteiger partial charge >= 0.3 is 14.3 Å². The van der Waals surface area contributed by atoms with Gasteiger partial charge in [0, 0.05) is 30.2 Å². The molecule has 2 aliphatic heterocycles. The van der Waals surface area contributed by atoms with Gasteiger partial charge in [-0.2, -0.15) is 0 Å². The highest BCUT2D eigenvalue weighted by molar-refractivity contribution is 6.70. The highest BCUT2D eigenvalue weighted by atomic mass is 28.4. The second-order valence-corrected chi connectivity index (χ2v) is 23.1. The van der Waals surface area contributed by atoms with E-state index in [1.807, 2.05) is 84.9 Å². The van der Waals surface area contributed by atoms with Crippen molar-refractivity contribution in [1.82, 2.24) is 29.1 Å². The number of methoxy groups -OCH3 is 2. The quantitative estimate of drug-likeness (QED) is 0.0527.